The van der Waals surface area contributed by atoms with Gasteiger partial charge in [-0.1, -0.05) is 119 Å². The van der Waals surface area contributed by atoms with Crippen molar-refractivity contribution in [1.82, 2.24) is 4.90 Å². The molecule has 1 unspecified atom stereocenters. The van der Waals surface area contributed by atoms with Gasteiger partial charge in [0.2, 0.25) is 5.91 Å². The van der Waals surface area contributed by atoms with Crippen LogP contribution in [0.15, 0.2) is 84.5 Å². The van der Waals surface area contributed by atoms with Crippen molar-refractivity contribution in [3.8, 4) is 5.75 Å². The number of rotatable bonds is 13. The molecule has 41 heavy (non-hydrogen) atoms. The van der Waals surface area contributed by atoms with E-state index in [2.05, 4.69) is 57.4 Å². The Kier molecular flexibility index (Phi) is 15.0. The van der Waals surface area contributed by atoms with Gasteiger partial charge in [-0.15, -0.1) is 0 Å². The molecule has 3 rings (SSSR count). The molecule has 220 valence electrons. The number of hydrogen-bond donors (Lipinski definition) is 1. The number of amides is 1. The molecule has 2 aromatic carbocycles. The highest BCUT2D eigenvalue weighted by Crippen LogP contribution is 2.34. The second-order valence-electron chi connectivity index (χ2n) is 10.5. The van der Waals surface area contributed by atoms with Gasteiger partial charge in [0, 0.05) is 18.5 Å². The first-order chi connectivity index (χ1) is 19.7. The summed E-state index contributed by atoms with van der Waals surface area (Å²) in [7, 11) is 0. The minimum absolute atomic E-state index is 0.0575. The summed E-state index contributed by atoms with van der Waals surface area (Å²) in [6, 6.07) is 13.5. The fourth-order valence-corrected chi connectivity index (χ4v) is 5.18. The Labute approximate surface area is 253 Å². The molecule has 0 saturated carbocycles. The van der Waals surface area contributed by atoms with E-state index in [0.717, 1.165) is 36.1 Å². The highest BCUT2D eigenvalue weighted by molar-refractivity contribution is 6.31. The third-order valence-corrected chi connectivity index (χ3v) is 7.59. The van der Waals surface area contributed by atoms with Crippen LogP contribution in [-0.2, 0) is 11.2 Å². The number of nitrogens with zero attached hydrogens (tertiary/aromatic N) is 1. The number of aryl methyl sites for hydroxylation is 1. The zero-order chi connectivity index (χ0) is 30.2. The van der Waals surface area contributed by atoms with Crippen molar-refractivity contribution in [2.45, 2.75) is 85.1 Å². The Hall–Kier alpha value is -3.30. The summed E-state index contributed by atoms with van der Waals surface area (Å²) in [6.07, 6.45) is 18.9. The predicted octanol–water partition coefficient (Wildman–Crippen LogP) is 10.4. The van der Waals surface area contributed by atoms with Crippen molar-refractivity contribution in [1.29, 1.82) is 0 Å². The van der Waals surface area contributed by atoms with Crippen LogP contribution in [0.3, 0.4) is 0 Å². The molecule has 2 aromatic rings. The molecule has 1 atom stereocenters. The quantitative estimate of drug-likeness (QED) is 0.242. The Balaban J connectivity index is 0.000000333. The molecule has 1 aliphatic rings. The minimum atomic E-state index is -0.0575. The third kappa shape index (κ3) is 10.9. The standard InChI is InChI=1S/C22H28ClNO2.C15H20/c1-4-5-6-7-14-24(17(3)25)22-13-10-19(23)15-21(22)16(2)18-8-11-20(26)12-9-18;1-4-7-9-13-10-11-15(8-5-2)14(6-3)12-13/h8-12,15,22,26H,2,4-7,13-14H2,1,3H3;5-6,8,10-12H,3-4,7,9H2,1-2H3/b;8-5-. The van der Waals surface area contributed by atoms with Gasteiger partial charge in [-0.3, -0.25) is 4.79 Å². The van der Waals surface area contributed by atoms with E-state index in [0.29, 0.717) is 11.5 Å². The molecule has 0 fully saturated rings. The number of halogens is 1. The SMILES string of the molecule is C=C(C1=CC(Cl)=CCC1N(CCCCCC)C(C)=O)c1ccc(O)cc1.C=Cc1cc(CCCC)ccc1/C=C\C. The Morgan fingerprint density at radius 2 is 1.76 bits per heavy atom. The molecular formula is C37H48ClNO2. The number of phenolic OH excluding ortho intramolecular Hbond substituents is 1. The maximum atomic E-state index is 12.3. The summed E-state index contributed by atoms with van der Waals surface area (Å²) in [4.78, 5) is 14.3. The van der Waals surface area contributed by atoms with Gasteiger partial charge in [0.05, 0.1) is 6.04 Å². The van der Waals surface area contributed by atoms with Crippen molar-refractivity contribution in [2.75, 3.05) is 6.54 Å². The molecule has 0 aliphatic heterocycles. The van der Waals surface area contributed by atoms with Crippen LogP contribution in [0.5, 0.6) is 5.75 Å². The van der Waals surface area contributed by atoms with Gasteiger partial charge in [-0.05, 0) is 84.2 Å². The molecule has 0 spiro atoms. The lowest BCUT2D eigenvalue weighted by molar-refractivity contribution is -0.130. The second-order valence-corrected chi connectivity index (χ2v) is 10.9. The predicted molar refractivity (Wildman–Crippen MR) is 179 cm³/mol. The summed E-state index contributed by atoms with van der Waals surface area (Å²) < 4.78 is 0. The first-order valence-corrected chi connectivity index (χ1v) is 15.3. The summed E-state index contributed by atoms with van der Waals surface area (Å²) >= 11 is 6.26. The molecular weight excluding hydrogens is 526 g/mol. The molecule has 1 aliphatic carbocycles. The lowest BCUT2D eigenvalue weighted by Crippen LogP contribution is -2.41. The van der Waals surface area contributed by atoms with E-state index in [1.54, 1.807) is 19.1 Å². The third-order valence-electron chi connectivity index (χ3n) is 7.32. The lowest BCUT2D eigenvalue weighted by Gasteiger charge is -2.35. The van der Waals surface area contributed by atoms with Crippen LogP contribution in [0.2, 0.25) is 0 Å². The highest BCUT2D eigenvalue weighted by Gasteiger charge is 2.28. The maximum absolute atomic E-state index is 12.3. The van der Waals surface area contributed by atoms with Crippen molar-refractivity contribution in [2.24, 2.45) is 0 Å². The molecule has 0 bridgehead atoms. The van der Waals surface area contributed by atoms with Crippen LogP contribution < -0.4 is 0 Å². The molecule has 1 amide bonds. The zero-order valence-corrected chi connectivity index (χ0v) is 26.2. The van der Waals surface area contributed by atoms with E-state index in [-0.39, 0.29) is 17.7 Å². The fraction of sp³-hybridized carbons (Fsp3) is 0.378. The van der Waals surface area contributed by atoms with Gasteiger partial charge in [-0.25, -0.2) is 0 Å². The minimum Gasteiger partial charge on any atom is -0.508 e. The number of aromatic hydroxyl groups is 1. The average Bonchev–Trinajstić information content (AvgIpc) is 2.97. The van der Waals surface area contributed by atoms with E-state index in [9.17, 15) is 9.90 Å². The van der Waals surface area contributed by atoms with Crippen molar-refractivity contribution >= 4 is 35.2 Å². The van der Waals surface area contributed by atoms with E-state index in [4.69, 9.17) is 11.6 Å². The molecule has 4 heteroatoms. The topological polar surface area (TPSA) is 40.5 Å². The van der Waals surface area contributed by atoms with Crippen molar-refractivity contribution < 1.29 is 9.90 Å². The number of unbranched alkanes of at least 4 members (excludes halogenated alkanes) is 4. The van der Waals surface area contributed by atoms with E-state index in [1.165, 1.54) is 48.8 Å². The molecule has 1 N–H and O–H groups in total. The van der Waals surface area contributed by atoms with Crippen molar-refractivity contribution in [3.63, 3.8) is 0 Å². The van der Waals surface area contributed by atoms with Crippen LogP contribution >= 0.6 is 11.6 Å². The molecule has 3 nitrogen and oxygen atoms in total. The Bertz CT molecular complexity index is 1240. The monoisotopic (exact) mass is 573 g/mol. The van der Waals surface area contributed by atoms with Gasteiger partial charge >= 0.3 is 0 Å². The van der Waals surface area contributed by atoms with E-state index in [1.807, 2.05) is 42.2 Å². The average molecular weight is 574 g/mol. The van der Waals surface area contributed by atoms with Gasteiger partial charge in [0.15, 0.2) is 0 Å². The van der Waals surface area contributed by atoms with Gasteiger partial charge < -0.3 is 10.0 Å². The molecule has 0 heterocycles. The number of carbonyl (C=O) groups is 1. The maximum Gasteiger partial charge on any atom is 0.219 e. The number of benzene rings is 2. The van der Waals surface area contributed by atoms with Gasteiger partial charge in [-0.2, -0.15) is 0 Å². The van der Waals surface area contributed by atoms with Crippen LogP contribution in [0, 0.1) is 0 Å². The molecule has 0 aromatic heterocycles. The first kappa shape index (κ1) is 33.9. The number of carbonyl (C=O) groups excluding carboxylic acids is 1. The first-order valence-electron chi connectivity index (χ1n) is 15.0. The Morgan fingerprint density at radius 1 is 1.05 bits per heavy atom. The van der Waals surface area contributed by atoms with Crippen LogP contribution in [-0.4, -0.2) is 28.5 Å². The summed E-state index contributed by atoms with van der Waals surface area (Å²) in [5.41, 5.74) is 6.63. The smallest absolute Gasteiger partial charge is 0.219 e. The normalized spacial score (nSPS) is 14.5. The molecule has 0 radical (unpaired) electrons. The lowest BCUT2D eigenvalue weighted by atomic mass is 9.88. The van der Waals surface area contributed by atoms with E-state index >= 15 is 0 Å². The van der Waals surface area contributed by atoms with Gasteiger partial charge in [0.25, 0.3) is 0 Å². The number of hydrogen-bond acceptors (Lipinski definition) is 2. The summed E-state index contributed by atoms with van der Waals surface area (Å²) in [6.45, 7) is 16.9. The van der Waals surface area contributed by atoms with E-state index < -0.39 is 0 Å². The highest BCUT2D eigenvalue weighted by atomic mass is 35.5. The van der Waals surface area contributed by atoms with Gasteiger partial charge in [0.1, 0.15) is 5.75 Å². The number of allylic oxidation sites excluding steroid dienone is 3. The largest absolute Gasteiger partial charge is 0.508 e. The summed E-state index contributed by atoms with van der Waals surface area (Å²) in [5, 5.41) is 10.2. The second kappa shape index (κ2) is 18.2. The van der Waals surface area contributed by atoms with Crippen molar-refractivity contribution in [3.05, 3.63) is 107 Å². The molecule has 0 saturated heterocycles. The van der Waals surface area contributed by atoms with Crippen LogP contribution in [0.1, 0.15) is 94.9 Å². The van der Waals surface area contributed by atoms with Crippen LogP contribution in [0.25, 0.3) is 17.7 Å². The Morgan fingerprint density at radius 3 is 2.37 bits per heavy atom. The zero-order valence-electron chi connectivity index (χ0n) is 25.5. The summed E-state index contributed by atoms with van der Waals surface area (Å²) in [5.74, 6) is 0.289. The fourth-order valence-electron chi connectivity index (χ4n) is 4.98. The van der Waals surface area contributed by atoms with Crippen LogP contribution in [0.4, 0.5) is 0 Å². The number of phenols is 1.